The molecule has 0 amide bonds. The maximum atomic E-state index is 12.7. The maximum absolute atomic E-state index is 12.7. The van der Waals surface area contributed by atoms with Crippen LogP contribution < -0.4 is 0 Å². The summed E-state index contributed by atoms with van der Waals surface area (Å²) in [7, 11) is 0. The first kappa shape index (κ1) is 54.1. The van der Waals surface area contributed by atoms with Crippen LogP contribution in [0.25, 0.3) is 0 Å². The third-order valence-electron chi connectivity index (χ3n) is 9.04. The van der Waals surface area contributed by atoms with Crippen LogP contribution in [0.5, 0.6) is 0 Å². The summed E-state index contributed by atoms with van der Waals surface area (Å²) in [6.45, 7) is 6.14. The van der Waals surface area contributed by atoms with E-state index in [1.165, 1.54) is 12.8 Å². The van der Waals surface area contributed by atoms with Crippen molar-refractivity contribution in [2.45, 2.75) is 187 Å². The van der Waals surface area contributed by atoms with E-state index in [2.05, 4.69) is 118 Å². The molecule has 0 N–H and O–H groups in total. The van der Waals surface area contributed by atoms with Gasteiger partial charge < -0.3 is 14.2 Å². The van der Waals surface area contributed by atoms with E-state index in [1.54, 1.807) is 6.08 Å². The quantitative estimate of drug-likeness (QED) is 0.0267. The Morgan fingerprint density at radius 2 is 0.690 bits per heavy atom. The normalized spacial score (nSPS) is 13.1. The number of esters is 3. The number of allylic oxidation sites excluding steroid dienone is 17. The van der Waals surface area contributed by atoms with Crippen LogP contribution in [0.2, 0.25) is 0 Å². The summed E-state index contributed by atoms with van der Waals surface area (Å²) in [5.74, 6) is -1.09. The number of carbonyl (C=O) groups is 3. The van der Waals surface area contributed by atoms with Gasteiger partial charge in [0.25, 0.3) is 0 Å². The molecule has 0 aromatic heterocycles. The Hall–Kier alpha value is -3.93. The Labute approximate surface area is 355 Å². The van der Waals surface area contributed by atoms with Crippen LogP contribution >= 0.6 is 0 Å². The Morgan fingerprint density at radius 3 is 1.12 bits per heavy atom. The van der Waals surface area contributed by atoms with Gasteiger partial charge in [-0.15, -0.1) is 0 Å². The molecule has 6 nitrogen and oxygen atoms in total. The lowest BCUT2D eigenvalue weighted by molar-refractivity contribution is -0.166. The fourth-order valence-electron chi connectivity index (χ4n) is 5.71. The van der Waals surface area contributed by atoms with Gasteiger partial charge in [-0.1, -0.05) is 175 Å². The number of hydrogen-bond donors (Lipinski definition) is 0. The molecule has 0 saturated carbocycles. The second-order valence-electron chi connectivity index (χ2n) is 14.5. The lowest BCUT2D eigenvalue weighted by Crippen LogP contribution is -2.30. The van der Waals surface area contributed by atoms with Gasteiger partial charge in [-0.2, -0.15) is 0 Å². The largest absolute Gasteiger partial charge is 0.462 e. The molecule has 0 aromatic rings. The molecule has 1 atom stereocenters. The third kappa shape index (κ3) is 43.2. The minimum atomic E-state index is -0.826. The second kappa shape index (κ2) is 45.8. The van der Waals surface area contributed by atoms with E-state index in [4.69, 9.17) is 14.2 Å². The summed E-state index contributed by atoms with van der Waals surface area (Å²) in [6, 6.07) is 0. The lowest BCUT2D eigenvalue weighted by Gasteiger charge is -2.18. The van der Waals surface area contributed by atoms with Gasteiger partial charge in [-0.3, -0.25) is 14.4 Å². The van der Waals surface area contributed by atoms with Crippen LogP contribution in [0.3, 0.4) is 0 Å². The van der Waals surface area contributed by atoms with Crippen molar-refractivity contribution in [3.63, 3.8) is 0 Å². The highest BCUT2D eigenvalue weighted by atomic mass is 16.6. The zero-order valence-corrected chi connectivity index (χ0v) is 37.0. The molecule has 0 aliphatic heterocycles. The smallest absolute Gasteiger partial charge is 0.309 e. The van der Waals surface area contributed by atoms with Crippen molar-refractivity contribution in [1.29, 1.82) is 0 Å². The maximum Gasteiger partial charge on any atom is 0.309 e. The van der Waals surface area contributed by atoms with Crippen molar-refractivity contribution in [3.05, 3.63) is 109 Å². The van der Waals surface area contributed by atoms with E-state index in [9.17, 15) is 14.4 Å². The SMILES string of the molecule is CC/C=C\C/C=C\C/C=C\C/C=C\CCCCCCCCC(=O)OCC(COC(=O)C/C=C\C/C=C\C/C=C\CC)OC(=O)CCCCCCC/C=C\C/C=C\CC. The summed E-state index contributed by atoms with van der Waals surface area (Å²) in [5, 5.41) is 0. The number of carbonyl (C=O) groups excluding carboxylic acids is 3. The predicted molar refractivity (Wildman–Crippen MR) is 247 cm³/mol. The van der Waals surface area contributed by atoms with Crippen LogP contribution in [-0.2, 0) is 28.6 Å². The number of hydrogen-bond acceptors (Lipinski definition) is 6. The molecule has 0 rings (SSSR count). The zero-order valence-electron chi connectivity index (χ0n) is 37.0. The molecule has 0 fully saturated rings. The molecule has 1 unspecified atom stereocenters. The monoisotopic (exact) mass is 803 g/mol. The number of ether oxygens (including phenoxy) is 3. The van der Waals surface area contributed by atoms with Gasteiger partial charge in [0.05, 0.1) is 6.42 Å². The minimum Gasteiger partial charge on any atom is -0.462 e. The van der Waals surface area contributed by atoms with Crippen molar-refractivity contribution in [2.75, 3.05) is 13.2 Å². The van der Waals surface area contributed by atoms with E-state index >= 15 is 0 Å². The average Bonchev–Trinajstić information content (AvgIpc) is 3.22. The summed E-state index contributed by atoms with van der Waals surface area (Å²) in [6.07, 6.45) is 61.1. The molecule has 0 spiro atoms. The van der Waals surface area contributed by atoms with Gasteiger partial charge in [0.1, 0.15) is 13.2 Å². The van der Waals surface area contributed by atoms with Crippen molar-refractivity contribution in [1.82, 2.24) is 0 Å². The summed E-state index contributed by atoms with van der Waals surface area (Å²) < 4.78 is 16.6. The highest BCUT2D eigenvalue weighted by Crippen LogP contribution is 2.12. The van der Waals surface area contributed by atoms with Gasteiger partial charge in [-0.25, -0.2) is 0 Å². The predicted octanol–water partition coefficient (Wildman–Crippen LogP) is 14.8. The Bertz CT molecular complexity index is 1240. The van der Waals surface area contributed by atoms with E-state index in [0.29, 0.717) is 6.42 Å². The van der Waals surface area contributed by atoms with E-state index in [0.717, 1.165) is 128 Å². The van der Waals surface area contributed by atoms with Crippen LogP contribution in [0.4, 0.5) is 0 Å². The van der Waals surface area contributed by atoms with Crippen molar-refractivity contribution in [3.8, 4) is 0 Å². The molecule has 0 radical (unpaired) electrons. The molecule has 0 aliphatic rings. The van der Waals surface area contributed by atoms with Gasteiger partial charge in [-0.05, 0) is 96.3 Å². The van der Waals surface area contributed by atoms with Gasteiger partial charge in [0.2, 0.25) is 0 Å². The van der Waals surface area contributed by atoms with Crippen molar-refractivity contribution in [2.24, 2.45) is 0 Å². The molecule has 326 valence electrons. The second-order valence-corrected chi connectivity index (χ2v) is 14.5. The van der Waals surface area contributed by atoms with Crippen LogP contribution in [0, 0.1) is 0 Å². The average molecular weight is 803 g/mol. The topological polar surface area (TPSA) is 78.9 Å². The molecule has 6 heteroatoms. The summed E-state index contributed by atoms with van der Waals surface area (Å²) in [4.78, 5) is 37.6. The van der Waals surface area contributed by atoms with Gasteiger partial charge >= 0.3 is 17.9 Å². The highest BCUT2D eigenvalue weighted by molar-refractivity contribution is 5.72. The molecular formula is C52H82O6. The van der Waals surface area contributed by atoms with E-state index < -0.39 is 12.1 Å². The fraction of sp³-hybridized carbons (Fsp3) is 0.596. The highest BCUT2D eigenvalue weighted by Gasteiger charge is 2.19. The Balaban J connectivity index is 4.43. The molecule has 0 aromatic carbocycles. The van der Waals surface area contributed by atoms with Gasteiger partial charge in [0.15, 0.2) is 6.10 Å². The standard InChI is InChI=1S/C52H82O6/c1-4-7-10-13-16-19-21-23-24-25-26-27-28-29-31-33-36-39-42-45-51(54)57-48-49(47-56-50(53)44-41-38-35-32-18-15-12-9-6-3)58-52(55)46-43-40-37-34-30-22-20-17-14-11-8-5-2/h7-12,16-20,23-24,26-27,32,38,41,49H,4-6,13-15,21-22,25,28-31,33-37,39-40,42-48H2,1-3H3/b10-7-,11-8-,12-9-,19-16-,20-17-,24-23-,27-26-,32-18-,41-38-. The van der Waals surface area contributed by atoms with Crippen LogP contribution in [-0.4, -0.2) is 37.2 Å². The van der Waals surface area contributed by atoms with Crippen LogP contribution in [0.15, 0.2) is 109 Å². The van der Waals surface area contributed by atoms with Crippen LogP contribution in [0.1, 0.15) is 181 Å². The molecule has 0 bridgehead atoms. The lowest BCUT2D eigenvalue weighted by atomic mass is 10.1. The fourth-order valence-corrected chi connectivity index (χ4v) is 5.71. The first-order valence-electron chi connectivity index (χ1n) is 22.9. The molecule has 0 saturated heterocycles. The van der Waals surface area contributed by atoms with E-state index in [1.807, 2.05) is 6.08 Å². The zero-order chi connectivity index (χ0) is 42.3. The van der Waals surface area contributed by atoms with Crippen molar-refractivity contribution >= 4 is 17.9 Å². The first-order chi connectivity index (χ1) is 28.5. The molecular weight excluding hydrogens is 721 g/mol. The Morgan fingerprint density at radius 1 is 0.362 bits per heavy atom. The Kier molecular flexibility index (Phi) is 42.7. The summed E-state index contributed by atoms with van der Waals surface area (Å²) >= 11 is 0. The summed E-state index contributed by atoms with van der Waals surface area (Å²) in [5.41, 5.74) is 0. The van der Waals surface area contributed by atoms with Crippen molar-refractivity contribution < 1.29 is 28.6 Å². The molecule has 58 heavy (non-hydrogen) atoms. The van der Waals surface area contributed by atoms with E-state index in [-0.39, 0.29) is 38.0 Å². The number of rotatable bonds is 39. The third-order valence-corrected chi connectivity index (χ3v) is 9.04. The first-order valence-corrected chi connectivity index (χ1v) is 22.9. The molecule has 0 heterocycles. The van der Waals surface area contributed by atoms with Gasteiger partial charge in [0, 0.05) is 12.8 Å². The number of unbranched alkanes of at least 4 members (excludes halogenated alkanes) is 11. The molecule has 0 aliphatic carbocycles. The minimum absolute atomic E-state index is 0.121.